The lowest BCUT2D eigenvalue weighted by Crippen LogP contribution is -2.48. The van der Waals surface area contributed by atoms with Crippen molar-refractivity contribution in [2.24, 2.45) is 17.3 Å². The molecule has 1 saturated carbocycles. The Labute approximate surface area is 111 Å². The standard InChI is InChI=1S/C15H27NO2/c1-10(2)12-6-5-11(17)7-13(12)16-9-15(3,4)8-14(16)18/h10-13,17H,5-9H2,1-4H3. The highest BCUT2D eigenvalue weighted by Gasteiger charge is 2.44. The molecule has 2 aliphatic rings. The highest BCUT2D eigenvalue weighted by molar-refractivity contribution is 5.79. The second-order valence-corrected chi connectivity index (χ2v) is 7.30. The summed E-state index contributed by atoms with van der Waals surface area (Å²) in [4.78, 5) is 14.3. The summed E-state index contributed by atoms with van der Waals surface area (Å²) in [5.41, 5.74) is 0.0982. The van der Waals surface area contributed by atoms with Crippen LogP contribution in [0.1, 0.15) is 53.4 Å². The Hall–Kier alpha value is -0.570. The Bertz CT molecular complexity index is 324. The number of likely N-dealkylation sites (tertiary alicyclic amines) is 1. The Kier molecular flexibility index (Phi) is 3.72. The van der Waals surface area contributed by atoms with E-state index in [1.165, 1.54) is 0 Å². The average molecular weight is 253 g/mol. The van der Waals surface area contributed by atoms with Gasteiger partial charge in [0, 0.05) is 19.0 Å². The van der Waals surface area contributed by atoms with Crippen molar-refractivity contribution in [2.75, 3.05) is 6.54 Å². The molecule has 1 saturated heterocycles. The van der Waals surface area contributed by atoms with Crippen LogP contribution in [0.3, 0.4) is 0 Å². The van der Waals surface area contributed by atoms with Crippen molar-refractivity contribution >= 4 is 5.91 Å². The number of carbonyl (C=O) groups excluding carboxylic acids is 1. The van der Waals surface area contributed by atoms with Crippen molar-refractivity contribution in [3.05, 3.63) is 0 Å². The summed E-state index contributed by atoms with van der Waals surface area (Å²) in [6.45, 7) is 9.65. The van der Waals surface area contributed by atoms with Crippen LogP contribution in [0.4, 0.5) is 0 Å². The molecular weight excluding hydrogens is 226 g/mol. The van der Waals surface area contributed by atoms with Crippen molar-refractivity contribution in [2.45, 2.75) is 65.5 Å². The Morgan fingerprint density at radius 2 is 2.00 bits per heavy atom. The van der Waals surface area contributed by atoms with Crippen LogP contribution < -0.4 is 0 Å². The third kappa shape index (κ3) is 2.71. The van der Waals surface area contributed by atoms with Crippen molar-refractivity contribution < 1.29 is 9.90 Å². The van der Waals surface area contributed by atoms with Gasteiger partial charge in [-0.3, -0.25) is 4.79 Å². The monoisotopic (exact) mass is 253 g/mol. The number of carbonyl (C=O) groups is 1. The fourth-order valence-corrected chi connectivity index (χ4v) is 3.70. The van der Waals surface area contributed by atoms with Gasteiger partial charge in [-0.2, -0.15) is 0 Å². The van der Waals surface area contributed by atoms with Crippen molar-refractivity contribution in [1.82, 2.24) is 4.90 Å². The summed E-state index contributed by atoms with van der Waals surface area (Å²) in [6.07, 6.45) is 3.15. The molecule has 0 aromatic carbocycles. The van der Waals surface area contributed by atoms with Crippen LogP contribution in [0, 0.1) is 17.3 Å². The van der Waals surface area contributed by atoms with E-state index >= 15 is 0 Å². The molecule has 0 aromatic heterocycles. The first kappa shape index (κ1) is 13.9. The zero-order valence-electron chi connectivity index (χ0n) is 12.1. The number of aliphatic hydroxyl groups excluding tert-OH is 1. The Balaban J connectivity index is 2.15. The lowest BCUT2D eigenvalue weighted by atomic mass is 9.76. The summed E-state index contributed by atoms with van der Waals surface area (Å²) < 4.78 is 0. The van der Waals surface area contributed by atoms with E-state index in [2.05, 4.69) is 32.6 Å². The normalized spacial score (nSPS) is 36.4. The predicted octanol–water partition coefficient (Wildman–Crippen LogP) is 2.43. The Morgan fingerprint density at radius 3 is 2.50 bits per heavy atom. The molecule has 3 unspecified atom stereocenters. The molecule has 1 aliphatic carbocycles. The number of nitrogens with zero attached hydrogens (tertiary/aromatic N) is 1. The van der Waals surface area contributed by atoms with Gasteiger partial charge in [-0.05, 0) is 36.5 Å². The number of aliphatic hydroxyl groups is 1. The molecule has 3 nitrogen and oxygen atoms in total. The van der Waals surface area contributed by atoms with E-state index < -0.39 is 0 Å². The van der Waals surface area contributed by atoms with Crippen LogP contribution in [-0.2, 0) is 4.79 Å². The molecule has 0 spiro atoms. The molecule has 1 aliphatic heterocycles. The molecule has 2 fully saturated rings. The molecule has 1 amide bonds. The molecule has 104 valence electrons. The molecule has 2 rings (SSSR count). The highest BCUT2D eigenvalue weighted by Crippen LogP contribution is 2.39. The van der Waals surface area contributed by atoms with E-state index in [4.69, 9.17) is 0 Å². The summed E-state index contributed by atoms with van der Waals surface area (Å²) in [5, 5.41) is 9.92. The van der Waals surface area contributed by atoms with Crippen LogP contribution in [0.2, 0.25) is 0 Å². The second kappa shape index (κ2) is 4.84. The van der Waals surface area contributed by atoms with E-state index in [9.17, 15) is 9.90 Å². The average Bonchev–Trinajstić information content (AvgIpc) is 2.51. The molecule has 0 aromatic rings. The van der Waals surface area contributed by atoms with Crippen molar-refractivity contribution in [3.63, 3.8) is 0 Å². The van der Waals surface area contributed by atoms with Gasteiger partial charge in [0.2, 0.25) is 5.91 Å². The zero-order chi connectivity index (χ0) is 13.5. The van der Waals surface area contributed by atoms with Gasteiger partial charge >= 0.3 is 0 Å². The fraction of sp³-hybridized carbons (Fsp3) is 0.933. The SMILES string of the molecule is CC(C)C1CCC(O)CC1N1CC(C)(C)CC1=O. The first-order chi connectivity index (χ1) is 8.30. The molecular formula is C15H27NO2. The van der Waals surface area contributed by atoms with Gasteiger partial charge in [0.15, 0.2) is 0 Å². The van der Waals surface area contributed by atoms with Crippen LogP contribution >= 0.6 is 0 Å². The maximum atomic E-state index is 12.2. The van der Waals surface area contributed by atoms with Crippen LogP contribution in [0.25, 0.3) is 0 Å². The van der Waals surface area contributed by atoms with Gasteiger partial charge in [0.25, 0.3) is 0 Å². The molecule has 3 atom stereocenters. The lowest BCUT2D eigenvalue weighted by molar-refractivity contribution is -0.132. The summed E-state index contributed by atoms with van der Waals surface area (Å²) in [6, 6.07) is 0.253. The molecule has 18 heavy (non-hydrogen) atoms. The van der Waals surface area contributed by atoms with Gasteiger partial charge < -0.3 is 10.0 Å². The van der Waals surface area contributed by atoms with E-state index in [0.717, 1.165) is 25.8 Å². The van der Waals surface area contributed by atoms with Crippen LogP contribution in [-0.4, -0.2) is 34.6 Å². The molecule has 3 heteroatoms. The lowest BCUT2D eigenvalue weighted by Gasteiger charge is -2.42. The predicted molar refractivity (Wildman–Crippen MR) is 72.1 cm³/mol. The number of hydrogen-bond acceptors (Lipinski definition) is 2. The van der Waals surface area contributed by atoms with Crippen molar-refractivity contribution in [3.8, 4) is 0 Å². The topological polar surface area (TPSA) is 40.5 Å². The molecule has 1 N–H and O–H groups in total. The van der Waals surface area contributed by atoms with E-state index in [-0.39, 0.29) is 23.5 Å². The summed E-state index contributed by atoms with van der Waals surface area (Å²) in [5.74, 6) is 1.41. The Morgan fingerprint density at radius 1 is 1.33 bits per heavy atom. The minimum Gasteiger partial charge on any atom is -0.393 e. The van der Waals surface area contributed by atoms with Gasteiger partial charge in [0.05, 0.1) is 6.10 Å². The number of amides is 1. The van der Waals surface area contributed by atoms with Crippen molar-refractivity contribution in [1.29, 1.82) is 0 Å². The van der Waals surface area contributed by atoms with E-state index in [0.29, 0.717) is 18.3 Å². The van der Waals surface area contributed by atoms with E-state index in [1.807, 2.05) is 0 Å². The fourth-order valence-electron chi connectivity index (χ4n) is 3.70. The maximum absolute atomic E-state index is 12.2. The number of hydrogen-bond donors (Lipinski definition) is 1. The van der Waals surface area contributed by atoms with Gasteiger partial charge in [0.1, 0.15) is 0 Å². The highest BCUT2D eigenvalue weighted by atomic mass is 16.3. The maximum Gasteiger partial charge on any atom is 0.223 e. The van der Waals surface area contributed by atoms with E-state index in [1.54, 1.807) is 0 Å². The summed E-state index contributed by atoms with van der Waals surface area (Å²) in [7, 11) is 0. The third-order valence-corrected chi connectivity index (χ3v) is 4.65. The molecule has 0 radical (unpaired) electrons. The third-order valence-electron chi connectivity index (χ3n) is 4.65. The first-order valence-corrected chi connectivity index (χ1v) is 7.28. The van der Waals surface area contributed by atoms with Gasteiger partial charge in [-0.25, -0.2) is 0 Å². The van der Waals surface area contributed by atoms with Gasteiger partial charge in [-0.15, -0.1) is 0 Å². The smallest absolute Gasteiger partial charge is 0.223 e. The minimum atomic E-state index is -0.221. The second-order valence-electron chi connectivity index (χ2n) is 7.30. The number of rotatable bonds is 2. The zero-order valence-corrected chi connectivity index (χ0v) is 12.1. The quantitative estimate of drug-likeness (QED) is 0.821. The summed E-state index contributed by atoms with van der Waals surface area (Å²) >= 11 is 0. The minimum absolute atomic E-state index is 0.0982. The molecule has 0 bridgehead atoms. The molecule has 1 heterocycles. The van der Waals surface area contributed by atoms with Gasteiger partial charge in [-0.1, -0.05) is 27.7 Å². The van der Waals surface area contributed by atoms with Crippen LogP contribution in [0.5, 0.6) is 0 Å². The first-order valence-electron chi connectivity index (χ1n) is 7.28. The largest absolute Gasteiger partial charge is 0.393 e. The van der Waals surface area contributed by atoms with Crippen LogP contribution in [0.15, 0.2) is 0 Å².